The first-order valence-corrected chi connectivity index (χ1v) is 13.8. The maximum atomic E-state index is 13.6. The average Bonchev–Trinajstić information content (AvgIpc) is 3.17. The summed E-state index contributed by atoms with van der Waals surface area (Å²) >= 11 is 6.06. The summed E-state index contributed by atoms with van der Waals surface area (Å²) in [4.78, 5) is 16.6. The van der Waals surface area contributed by atoms with E-state index in [-0.39, 0.29) is 32.0 Å². The van der Waals surface area contributed by atoms with Gasteiger partial charge in [0.05, 0.1) is 31.5 Å². The second kappa shape index (κ2) is 9.54. The maximum Gasteiger partial charge on any atom is 0.312 e. The van der Waals surface area contributed by atoms with E-state index in [1.165, 1.54) is 12.1 Å². The molecule has 0 saturated carbocycles. The largest absolute Gasteiger partial charge is 0.454 e. The molecule has 0 bridgehead atoms. The number of hydrogen-bond donors (Lipinski definition) is 2. The number of carbonyl (C=O) groups excluding carboxylic acids is 1. The van der Waals surface area contributed by atoms with Gasteiger partial charge in [-0.2, -0.15) is 8.96 Å². The number of para-hydroxylation sites is 2. The number of aryl methyl sites for hydroxylation is 2. The van der Waals surface area contributed by atoms with E-state index < -0.39 is 32.6 Å². The Hall–Kier alpha value is -3.45. The molecule has 36 heavy (non-hydrogen) atoms. The van der Waals surface area contributed by atoms with E-state index in [4.69, 9.17) is 21.5 Å². The Morgan fingerprint density at radius 2 is 1.67 bits per heavy atom. The van der Waals surface area contributed by atoms with Crippen LogP contribution >= 0.6 is 11.6 Å². The number of imidazole rings is 1. The molecule has 4 rings (SSSR count). The third-order valence-electron chi connectivity index (χ3n) is 5.10. The number of fused-ring (bicyclic) bond motifs is 1. The van der Waals surface area contributed by atoms with Crippen molar-refractivity contribution in [3.05, 3.63) is 76.8 Å². The Kier molecular flexibility index (Phi) is 6.80. The number of carbonyl (C=O) groups is 1. The molecule has 10 nitrogen and oxygen atoms in total. The average molecular weight is 549 g/mol. The number of nitrogens with one attached hydrogen (secondary N) is 1. The summed E-state index contributed by atoms with van der Waals surface area (Å²) in [6.45, 7) is 2.99. The highest BCUT2D eigenvalue weighted by Crippen LogP contribution is 2.29. The first-order valence-electron chi connectivity index (χ1n) is 10.4. The standard InChI is InChI=1S/C23H21ClN4O6S2/c1-14-9-15(2)11-17(10-14)36(32,33)28-21-6-4-3-5-20(21)27-23(28)34-13-22(29)26-19-8-7-16(12-18(19)24)35(25,30)31/h3-12H,13H2,1-2H3,(H,26,29)(H2,25,30,31). The Morgan fingerprint density at radius 3 is 2.31 bits per heavy atom. The zero-order chi connectivity index (χ0) is 26.3. The van der Waals surface area contributed by atoms with Crippen LogP contribution in [0.15, 0.2) is 70.5 Å². The highest BCUT2D eigenvalue weighted by atomic mass is 35.5. The molecule has 0 radical (unpaired) electrons. The quantitative estimate of drug-likeness (QED) is 0.360. The van der Waals surface area contributed by atoms with E-state index in [0.29, 0.717) is 5.52 Å². The molecule has 0 atom stereocenters. The number of nitrogens with two attached hydrogens (primary N) is 1. The van der Waals surface area contributed by atoms with Crippen molar-refractivity contribution in [3.63, 3.8) is 0 Å². The minimum absolute atomic E-state index is 0.0548. The molecule has 3 N–H and O–H groups in total. The van der Waals surface area contributed by atoms with Crippen LogP contribution in [0.3, 0.4) is 0 Å². The summed E-state index contributed by atoms with van der Waals surface area (Å²) in [7, 11) is -8.09. The molecule has 1 aromatic heterocycles. The maximum absolute atomic E-state index is 13.6. The second-order valence-corrected chi connectivity index (χ2v) is 11.8. The molecule has 0 spiro atoms. The van der Waals surface area contributed by atoms with Crippen LogP contribution in [0.5, 0.6) is 6.01 Å². The van der Waals surface area contributed by atoms with Gasteiger partial charge in [0.2, 0.25) is 10.0 Å². The van der Waals surface area contributed by atoms with E-state index in [1.807, 2.05) is 6.07 Å². The van der Waals surface area contributed by atoms with Crippen molar-refractivity contribution in [3.8, 4) is 6.01 Å². The monoisotopic (exact) mass is 548 g/mol. The number of primary sulfonamides is 1. The number of ether oxygens (including phenoxy) is 1. The van der Waals surface area contributed by atoms with Gasteiger partial charge in [-0.1, -0.05) is 29.8 Å². The predicted molar refractivity (Wildman–Crippen MR) is 135 cm³/mol. The van der Waals surface area contributed by atoms with Crippen molar-refractivity contribution in [1.82, 2.24) is 8.96 Å². The fraction of sp³-hybridized carbons (Fsp3) is 0.130. The van der Waals surface area contributed by atoms with Crippen LogP contribution in [0, 0.1) is 13.8 Å². The third kappa shape index (κ3) is 5.21. The molecule has 4 aromatic rings. The summed E-state index contributed by atoms with van der Waals surface area (Å²) in [5, 5.41) is 7.50. The summed E-state index contributed by atoms with van der Waals surface area (Å²) in [6.07, 6.45) is 0. The number of hydrogen-bond acceptors (Lipinski definition) is 7. The fourth-order valence-electron chi connectivity index (χ4n) is 3.58. The van der Waals surface area contributed by atoms with Crippen LogP contribution in [0.1, 0.15) is 11.1 Å². The minimum atomic E-state index is -4.12. The van der Waals surface area contributed by atoms with E-state index in [1.54, 1.807) is 50.2 Å². The summed E-state index contributed by atoms with van der Waals surface area (Å²) in [5.74, 6) is -0.678. The zero-order valence-electron chi connectivity index (χ0n) is 19.1. The molecule has 0 aliphatic carbocycles. The molecule has 1 amide bonds. The molecule has 3 aromatic carbocycles. The van der Waals surface area contributed by atoms with E-state index in [9.17, 15) is 21.6 Å². The van der Waals surface area contributed by atoms with Crippen molar-refractivity contribution in [2.75, 3.05) is 11.9 Å². The molecule has 0 saturated heterocycles. The van der Waals surface area contributed by atoms with Crippen molar-refractivity contribution >= 4 is 54.3 Å². The molecule has 0 unspecified atom stereocenters. The SMILES string of the molecule is Cc1cc(C)cc(S(=O)(=O)n2c(OCC(=O)Nc3ccc(S(N)(=O)=O)cc3Cl)nc3ccccc32)c1. The highest BCUT2D eigenvalue weighted by molar-refractivity contribution is 7.90. The predicted octanol–water partition coefficient (Wildman–Crippen LogP) is 3.21. The van der Waals surface area contributed by atoms with Gasteiger partial charge < -0.3 is 10.1 Å². The van der Waals surface area contributed by atoms with Gasteiger partial charge >= 0.3 is 6.01 Å². The molecular formula is C23H21ClN4O6S2. The van der Waals surface area contributed by atoms with Gasteiger partial charge in [-0.05, 0) is 67.4 Å². The molecule has 188 valence electrons. The van der Waals surface area contributed by atoms with Crippen LogP contribution in [0.4, 0.5) is 5.69 Å². The lowest BCUT2D eigenvalue weighted by molar-refractivity contribution is -0.118. The Bertz CT molecular complexity index is 1700. The van der Waals surface area contributed by atoms with Gasteiger partial charge in [-0.15, -0.1) is 0 Å². The van der Waals surface area contributed by atoms with Crippen molar-refractivity contribution in [1.29, 1.82) is 0 Å². The number of sulfonamides is 1. The van der Waals surface area contributed by atoms with E-state index in [2.05, 4.69) is 10.3 Å². The number of nitrogens with zero attached hydrogens (tertiary/aromatic N) is 2. The minimum Gasteiger partial charge on any atom is -0.454 e. The molecule has 1 heterocycles. The highest BCUT2D eigenvalue weighted by Gasteiger charge is 2.26. The van der Waals surface area contributed by atoms with Gasteiger partial charge in [0.1, 0.15) is 0 Å². The summed E-state index contributed by atoms with van der Waals surface area (Å²) in [5.41, 5.74) is 2.31. The molecule has 0 aliphatic heterocycles. The lowest BCUT2D eigenvalue weighted by Gasteiger charge is -2.13. The topological polar surface area (TPSA) is 150 Å². The summed E-state index contributed by atoms with van der Waals surface area (Å²) in [6, 6.07) is 14.8. The second-order valence-electron chi connectivity index (χ2n) is 8.00. The Balaban J connectivity index is 1.63. The number of aromatic nitrogens is 2. The summed E-state index contributed by atoms with van der Waals surface area (Å²) < 4.78 is 56.6. The number of benzene rings is 3. The molecule has 13 heteroatoms. The van der Waals surface area contributed by atoms with Gasteiger partial charge in [-0.3, -0.25) is 4.79 Å². The number of rotatable bonds is 7. The van der Waals surface area contributed by atoms with Crippen molar-refractivity contribution in [2.45, 2.75) is 23.6 Å². The van der Waals surface area contributed by atoms with Gasteiger partial charge in [0.15, 0.2) is 6.61 Å². The van der Waals surface area contributed by atoms with Gasteiger partial charge in [0.25, 0.3) is 15.9 Å². The normalized spacial score (nSPS) is 12.0. The lowest BCUT2D eigenvalue weighted by Crippen LogP contribution is -2.23. The van der Waals surface area contributed by atoms with Crippen LogP contribution in [0.25, 0.3) is 11.0 Å². The zero-order valence-corrected chi connectivity index (χ0v) is 21.5. The number of amides is 1. The lowest BCUT2D eigenvalue weighted by atomic mass is 10.2. The molecule has 0 aliphatic rings. The third-order valence-corrected chi connectivity index (χ3v) is 7.99. The fourth-order valence-corrected chi connectivity index (χ4v) is 6.01. The van der Waals surface area contributed by atoms with Crippen LogP contribution in [0.2, 0.25) is 5.02 Å². The van der Waals surface area contributed by atoms with Crippen molar-refractivity contribution in [2.24, 2.45) is 5.14 Å². The van der Waals surface area contributed by atoms with Crippen LogP contribution in [-0.2, 0) is 24.8 Å². The van der Waals surface area contributed by atoms with Crippen LogP contribution < -0.4 is 15.2 Å². The van der Waals surface area contributed by atoms with Gasteiger partial charge in [0, 0.05) is 0 Å². The van der Waals surface area contributed by atoms with Crippen LogP contribution in [-0.4, -0.2) is 38.3 Å². The molecule has 0 fully saturated rings. The number of halogens is 1. The Labute approximate surface area is 212 Å². The Morgan fingerprint density at radius 1 is 1.00 bits per heavy atom. The van der Waals surface area contributed by atoms with E-state index >= 15 is 0 Å². The first-order chi connectivity index (χ1) is 16.9. The van der Waals surface area contributed by atoms with Crippen molar-refractivity contribution < 1.29 is 26.4 Å². The number of anilines is 1. The van der Waals surface area contributed by atoms with E-state index in [0.717, 1.165) is 21.2 Å². The smallest absolute Gasteiger partial charge is 0.312 e. The molecular weight excluding hydrogens is 528 g/mol. The first kappa shape index (κ1) is 25.6. The van der Waals surface area contributed by atoms with Gasteiger partial charge in [-0.25, -0.2) is 22.0 Å².